The SMILES string of the molecule is Fc1cc(Br)cc(Cl)c1CC1CCCN1. The molecule has 1 unspecified atom stereocenters. The first-order chi connectivity index (χ1) is 7.16. The van der Waals surface area contributed by atoms with Crippen molar-refractivity contribution in [1.29, 1.82) is 0 Å². The van der Waals surface area contributed by atoms with Crippen LogP contribution in [-0.2, 0) is 6.42 Å². The Kier molecular flexibility index (Phi) is 3.65. The summed E-state index contributed by atoms with van der Waals surface area (Å²) < 4.78 is 14.3. The van der Waals surface area contributed by atoms with Gasteiger partial charge in [-0.1, -0.05) is 27.5 Å². The Bertz CT molecular complexity index is 341. The summed E-state index contributed by atoms with van der Waals surface area (Å²) in [6, 6.07) is 3.59. The zero-order chi connectivity index (χ0) is 10.8. The predicted molar refractivity (Wildman–Crippen MR) is 63.8 cm³/mol. The van der Waals surface area contributed by atoms with E-state index in [0.717, 1.165) is 13.0 Å². The predicted octanol–water partition coefficient (Wildman–Crippen LogP) is 3.54. The van der Waals surface area contributed by atoms with Crippen LogP contribution in [0.4, 0.5) is 4.39 Å². The summed E-state index contributed by atoms with van der Waals surface area (Å²) in [6.07, 6.45) is 2.95. The maximum atomic E-state index is 13.6. The minimum absolute atomic E-state index is 0.219. The summed E-state index contributed by atoms with van der Waals surface area (Å²) in [5.74, 6) is -0.219. The molecule has 1 saturated heterocycles. The Morgan fingerprint density at radius 3 is 2.93 bits per heavy atom. The summed E-state index contributed by atoms with van der Waals surface area (Å²) in [5, 5.41) is 3.85. The second kappa shape index (κ2) is 4.81. The van der Waals surface area contributed by atoms with Gasteiger partial charge < -0.3 is 5.32 Å². The first-order valence-corrected chi connectivity index (χ1v) is 6.20. The van der Waals surface area contributed by atoms with Crippen molar-refractivity contribution in [2.75, 3.05) is 6.54 Å². The van der Waals surface area contributed by atoms with Gasteiger partial charge in [0, 0.05) is 21.1 Å². The van der Waals surface area contributed by atoms with Crippen molar-refractivity contribution < 1.29 is 4.39 Å². The fourth-order valence-electron chi connectivity index (χ4n) is 1.94. The van der Waals surface area contributed by atoms with Crippen LogP contribution in [0.5, 0.6) is 0 Å². The summed E-state index contributed by atoms with van der Waals surface area (Å²) in [4.78, 5) is 0. The summed E-state index contributed by atoms with van der Waals surface area (Å²) >= 11 is 9.24. The van der Waals surface area contributed by atoms with Crippen LogP contribution >= 0.6 is 27.5 Å². The van der Waals surface area contributed by atoms with E-state index in [0.29, 0.717) is 27.5 Å². The van der Waals surface area contributed by atoms with Crippen molar-refractivity contribution in [3.8, 4) is 0 Å². The number of nitrogens with one attached hydrogen (secondary N) is 1. The molecule has 1 heterocycles. The third-order valence-corrected chi connectivity index (χ3v) is 3.51. The van der Waals surface area contributed by atoms with Gasteiger partial charge in [-0.2, -0.15) is 0 Å². The zero-order valence-corrected chi connectivity index (χ0v) is 10.5. The molecule has 15 heavy (non-hydrogen) atoms. The Morgan fingerprint density at radius 1 is 1.53 bits per heavy atom. The van der Waals surface area contributed by atoms with Crippen LogP contribution in [0.15, 0.2) is 16.6 Å². The zero-order valence-electron chi connectivity index (χ0n) is 8.19. The second-order valence-electron chi connectivity index (χ2n) is 3.85. The molecule has 0 bridgehead atoms. The van der Waals surface area contributed by atoms with Crippen LogP contribution in [-0.4, -0.2) is 12.6 Å². The van der Waals surface area contributed by atoms with E-state index in [4.69, 9.17) is 11.6 Å². The largest absolute Gasteiger partial charge is 0.314 e. The molecule has 0 saturated carbocycles. The van der Waals surface area contributed by atoms with Crippen LogP contribution in [0.2, 0.25) is 5.02 Å². The molecule has 0 aliphatic carbocycles. The van der Waals surface area contributed by atoms with Crippen molar-refractivity contribution in [2.45, 2.75) is 25.3 Å². The van der Waals surface area contributed by atoms with Crippen LogP contribution < -0.4 is 5.32 Å². The summed E-state index contributed by atoms with van der Waals surface area (Å²) in [6.45, 7) is 1.03. The van der Waals surface area contributed by atoms with Crippen molar-refractivity contribution in [3.05, 3.63) is 33.0 Å². The molecular formula is C11H12BrClFN. The molecule has 0 amide bonds. The Balaban J connectivity index is 2.19. The molecule has 82 valence electrons. The van der Waals surface area contributed by atoms with Gasteiger partial charge in [0.1, 0.15) is 5.82 Å². The maximum Gasteiger partial charge on any atom is 0.129 e. The van der Waals surface area contributed by atoms with Gasteiger partial charge in [-0.05, 0) is 37.9 Å². The van der Waals surface area contributed by atoms with E-state index in [-0.39, 0.29) is 5.82 Å². The van der Waals surface area contributed by atoms with Gasteiger partial charge in [-0.3, -0.25) is 0 Å². The summed E-state index contributed by atoms with van der Waals surface area (Å²) in [7, 11) is 0. The Morgan fingerprint density at radius 2 is 2.33 bits per heavy atom. The highest BCUT2D eigenvalue weighted by Gasteiger charge is 2.18. The highest BCUT2D eigenvalue weighted by atomic mass is 79.9. The van der Waals surface area contributed by atoms with E-state index in [1.54, 1.807) is 6.07 Å². The highest BCUT2D eigenvalue weighted by molar-refractivity contribution is 9.10. The maximum absolute atomic E-state index is 13.6. The van der Waals surface area contributed by atoms with E-state index in [2.05, 4.69) is 21.2 Å². The van der Waals surface area contributed by atoms with E-state index < -0.39 is 0 Å². The first-order valence-electron chi connectivity index (χ1n) is 5.03. The van der Waals surface area contributed by atoms with Crippen LogP contribution in [0.3, 0.4) is 0 Å². The van der Waals surface area contributed by atoms with Gasteiger partial charge in [0.05, 0.1) is 0 Å². The van der Waals surface area contributed by atoms with Crippen LogP contribution in [0.25, 0.3) is 0 Å². The van der Waals surface area contributed by atoms with E-state index in [1.165, 1.54) is 12.5 Å². The van der Waals surface area contributed by atoms with Crippen LogP contribution in [0.1, 0.15) is 18.4 Å². The lowest BCUT2D eigenvalue weighted by Gasteiger charge is -2.12. The molecule has 1 aromatic rings. The normalized spacial score (nSPS) is 20.9. The lowest BCUT2D eigenvalue weighted by Crippen LogP contribution is -2.24. The molecule has 1 fully saturated rings. The van der Waals surface area contributed by atoms with Crippen molar-refractivity contribution in [3.63, 3.8) is 0 Å². The third kappa shape index (κ3) is 2.71. The number of hydrogen-bond donors (Lipinski definition) is 1. The molecule has 1 aromatic carbocycles. The molecule has 0 aromatic heterocycles. The fourth-order valence-corrected chi connectivity index (χ4v) is 2.79. The van der Waals surface area contributed by atoms with E-state index >= 15 is 0 Å². The number of halogens is 3. The number of rotatable bonds is 2. The minimum atomic E-state index is -0.219. The third-order valence-electron chi connectivity index (χ3n) is 2.72. The van der Waals surface area contributed by atoms with Crippen molar-refractivity contribution in [1.82, 2.24) is 5.32 Å². The standard InChI is InChI=1S/C11H12BrClFN/c12-7-4-10(13)9(11(14)5-7)6-8-2-1-3-15-8/h4-5,8,15H,1-3,6H2. The number of benzene rings is 1. The van der Waals surface area contributed by atoms with E-state index in [9.17, 15) is 4.39 Å². The fraction of sp³-hybridized carbons (Fsp3) is 0.455. The first kappa shape index (κ1) is 11.4. The average molecular weight is 293 g/mol. The van der Waals surface area contributed by atoms with Gasteiger partial charge in [-0.25, -0.2) is 4.39 Å². The molecule has 1 aliphatic heterocycles. The van der Waals surface area contributed by atoms with Gasteiger partial charge in [0.25, 0.3) is 0 Å². The number of hydrogen-bond acceptors (Lipinski definition) is 1. The van der Waals surface area contributed by atoms with Gasteiger partial charge in [0.15, 0.2) is 0 Å². The molecule has 1 atom stereocenters. The van der Waals surface area contributed by atoms with Gasteiger partial charge >= 0.3 is 0 Å². The van der Waals surface area contributed by atoms with Crippen molar-refractivity contribution in [2.24, 2.45) is 0 Å². The molecule has 0 spiro atoms. The lowest BCUT2D eigenvalue weighted by molar-refractivity contribution is 0.560. The quantitative estimate of drug-likeness (QED) is 0.879. The van der Waals surface area contributed by atoms with Crippen molar-refractivity contribution >= 4 is 27.5 Å². The molecular weight excluding hydrogens is 280 g/mol. The molecule has 1 nitrogen and oxygen atoms in total. The molecule has 0 radical (unpaired) electrons. The highest BCUT2D eigenvalue weighted by Crippen LogP contribution is 2.26. The minimum Gasteiger partial charge on any atom is -0.314 e. The van der Waals surface area contributed by atoms with Gasteiger partial charge in [-0.15, -0.1) is 0 Å². The lowest BCUT2D eigenvalue weighted by atomic mass is 10.0. The monoisotopic (exact) mass is 291 g/mol. The van der Waals surface area contributed by atoms with E-state index in [1.807, 2.05) is 0 Å². The van der Waals surface area contributed by atoms with Crippen LogP contribution in [0, 0.1) is 5.82 Å². The molecule has 1 N–H and O–H groups in total. The smallest absolute Gasteiger partial charge is 0.129 e. The topological polar surface area (TPSA) is 12.0 Å². The summed E-state index contributed by atoms with van der Waals surface area (Å²) in [5.41, 5.74) is 0.624. The Hall–Kier alpha value is -0.120. The molecule has 4 heteroatoms. The second-order valence-corrected chi connectivity index (χ2v) is 5.17. The Labute approximate surface area is 102 Å². The van der Waals surface area contributed by atoms with Gasteiger partial charge in [0.2, 0.25) is 0 Å². The molecule has 2 rings (SSSR count). The molecule has 1 aliphatic rings. The average Bonchev–Trinajstić information content (AvgIpc) is 2.63.